The van der Waals surface area contributed by atoms with E-state index in [9.17, 15) is 14.9 Å². The second-order valence-electron chi connectivity index (χ2n) is 5.61. The van der Waals surface area contributed by atoms with Gasteiger partial charge in [0.15, 0.2) is 5.75 Å². The first-order chi connectivity index (χ1) is 11.3. The van der Waals surface area contributed by atoms with E-state index in [1.807, 2.05) is 0 Å². The summed E-state index contributed by atoms with van der Waals surface area (Å²) >= 11 is 17.6. The number of rotatable bonds is 5. The van der Waals surface area contributed by atoms with Gasteiger partial charge in [-0.05, 0) is 18.9 Å². The van der Waals surface area contributed by atoms with Crippen molar-refractivity contribution in [3.8, 4) is 5.75 Å². The molecule has 6 nitrogen and oxygen atoms in total. The molecule has 0 bridgehead atoms. The molecule has 1 N–H and O–H groups in total. The zero-order chi connectivity index (χ0) is 17.7. The van der Waals surface area contributed by atoms with Crippen molar-refractivity contribution < 1.29 is 14.5 Å². The largest absolute Gasteiger partial charge is 0.469 e. The summed E-state index contributed by atoms with van der Waals surface area (Å²) in [6, 6.07) is 5.63. The van der Waals surface area contributed by atoms with Gasteiger partial charge in [0, 0.05) is 12.1 Å². The summed E-state index contributed by atoms with van der Waals surface area (Å²) in [6.07, 6.45) is 3.38. The van der Waals surface area contributed by atoms with Crippen LogP contribution in [0.3, 0.4) is 0 Å². The molecular weight excluding hydrogens is 379 g/mol. The number of para-hydroxylation sites is 2. The number of hydrogen-bond donors (Lipinski definition) is 1. The average Bonchev–Trinajstić information content (AvgIpc) is 2.52. The standard InChI is InChI=1S/C15H17Cl3N2O4/c16-15(17,18)13(14(21)19-10-6-2-1-3-7-10)24-12-9-5-4-8-11(12)20(22)23/h4-5,8-10,13H,1-3,6-7H2,(H,19,21). The first-order valence-electron chi connectivity index (χ1n) is 7.56. The van der Waals surface area contributed by atoms with Crippen molar-refractivity contribution >= 4 is 46.4 Å². The first kappa shape index (κ1) is 19.1. The Morgan fingerprint density at radius 3 is 2.46 bits per heavy atom. The predicted octanol–water partition coefficient (Wildman–Crippen LogP) is 4.16. The summed E-state index contributed by atoms with van der Waals surface area (Å²) < 4.78 is 3.36. The second-order valence-corrected chi connectivity index (χ2v) is 7.98. The Labute approximate surface area is 154 Å². The minimum Gasteiger partial charge on any atom is -0.469 e. The molecule has 1 amide bonds. The Morgan fingerprint density at radius 2 is 1.88 bits per heavy atom. The molecule has 0 radical (unpaired) electrons. The van der Waals surface area contributed by atoms with E-state index >= 15 is 0 Å². The Bertz CT molecular complexity index is 601. The number of amides is 1. The molecule has 1 unspecified atom stereocenters. The van der Waals surface area contributed by atoms with Crippen LogP contribution >= 0.6 is 34.8 Å². The van der Waals surface area contributed by atoms with Gasteiger partial charge < -0.3 is 10.1 Å². The lowest BCUT2D eigenvalue weighted by atomic mass is 9.95. The fraction of sp³-hybridized carbons (Fsp3) is 0.533. The third kappa shape index (κ3) is 5.13. The SMILES string of the molecule is O=C(NC1CCCCC1)C(Oc1ccccc1[N+](=O)[O-])C(Cl)(Cl)Cl. The van der Waals surface area contributed by atoms with Gasteiger partial charge in [0.25, 0.3) is 5.91 Å². The van der Waals surface area contributed by atoms with Crippen LogP contribution in [0.25, 0.3) is 0 Å². The third-order valence-corrected chi connectivity index (χ3v) is 4.39. The molecule has 0 aromatic heterocycles. The van der Waals surface area contributed by atoms with Crippen LogP contribution in [0.4, 0.5) is 5.69 Å². The Hall–Kier alpha value is -1.24. The van der Waals surface area contributed by atoms with E-state index in [0.29, 0.717) is 0 Å². The van der Waals surface area contributed by atoms with Gasteiger partial charge in [0.05, 0.1) is 4.92 Å². The number of carbonyl (C=O) groups excluding carboxylic acids is 1. The molecule has 1 aliphatic carbocycles. The van der Waals surface area contributed by atoms with Crippen LogP contribution in [0, 0.1) is 10.1 Å². The Morgan fingerprint density at radius 1 is 1.25 bits per heavy atom. The smallest absolute Gasteiger partial charge is 0.310 e. The van der Waals surface area contributed by atoms with Crippen LogP contribution in [0.5, 0.6) is 5.75 Å². The van der Waals surface area contributed by atoms with Gasteiger partial charge in [-0.25, -0.2) is 0 Å². The van der Waals surface area contributed by atoms with Crippen LogP contribution in [0.15, 0.2) is 24.3 Å². The van der Waals surface area contributed by atoms with Crippen molar-refractivity contribution in [2.24, 2.45) is 0 Å². The number of carbonyl (C=O) groups is 1. The average molecular weight is 396 g/mol. The van der Waals surface area contributed by atoms with Crippen LogP contribution in [-0.4, -0.2) is 26.8 Å². The number of nitro groups is 1. The summed E-state index contributed by atoms with van der Waals surface area (Å²) in [5.41, 5.74) is -0.304. The first-order valence-corrected chi connectivity index (χ1v) is 8.69. The molecule has 132 valence electrons. The third-order valence-electron chi connectivity index (χ3n) is 3.79. The van der Waals surface area contributed by atoms with Crippen LogP contribution in [0.2, 0.25) is 0 Å². The number of halogens is 3. The van der Waals surface area contributed by atoms with Gasteiger partial charge in [-0.15, -0.1) is 0 Å². The molecule has 1 aromatic carbocycles. The lowest BCUT2D eigenvalue weighted by molar-refractivity contribution is -0.386. The molecule has 24 heavy (non-hydrogen) atoms. The highest BCUT2D eigenvalue weighted by Gasteiger charge is 2.42. The summed E-state index contributed by atoms with van der Waals surface area (Å²) in [5.74, 6) is -0.724. The molecule has 1 atom stereocenters. The summed E-state index contributed by atoms with van der Waals surface area (Å²) in [5, 5.41) is 13.9. The van der Waals surface area contributed by atoms with Crippen LogP contribution in [0.1, 0.15) is 32.1 Å². The van der Waals surface area contributed by atoms with Crippen molar-refractivity contribution in [1.82, 2.24) is 5.32 Å². The molecule has 1 saturated carbocycles. The Balaban J connectivity index is 2.17. The monoisotopic (exact) mass is 394 g/mol. The number of ether oxygens (including phenoxy) is 1. The zero-order valence-electron chi connectivity index (χ0n) is 12.7. The van der Waals surface area contributed by atoms with Crippen molar-refractivity contribution in [1.29, 1.82) is 0 Å². The van der Waals surface area contributed by atoms with Gasteiger partial charge >= 0.3 is 5.69 Å². The maximum absolute atomic E-state index is 12.5. The highest BCUT2D eigenvalue weighted by atomic mass is 35.6. The molecule has 0 spiro atoms. The second kappa shape index (κ2) is 8.23. The number of nitrogens with one attached hydrogen (secondary N) is 1. The van der Waals surface area contributed by atoms with E-state index in [0.717, 1.165) is 32.1 Å². The van der Waals surface area contributed by atoms with Crippen molar-refractivity contribution in [3.05, 3.63) is 34.4 Å². The normalized spacial score (nSPS) is 17.1. The molecule has 0 aliphatic heterocycles. The molecular formula is C15H17Cl3N2O4. The van der Waals surface area contributed by atoms with E-state index in [1.165, 1.54) is 24.3 Å². The van der Waals surface area contributed by atoms with E-state index < -0.39 is 20.7 Å². The van der Waals surface area contributed by atoms with Gasteiger partial charge in [-0.2, -0.15) is 0 Å². The van der Waals surface area contributed by atoms with Crippen molar-refractivity contribution in [2.75, 3.05) is 0 Å². The summed E-state index contributed by atoms with van der Waals surface area (Å²) in [6.45, 7) is 0. The van der Waals surface area contributed by atoms with Crippen molar-refractivity contribution in [3.63, 3.8) is 0 Å². The van der Waals surface area contributed by atoms with Crippen LogP contribution in [-0.2, 0) is 4.79 Å². The predicted molar refractivity (Wildman–Crippen MR) is 92.8 cm³/mol. The maximum atomic E-state index is 12.5. The minimum absolute atomic E-state index is 0.00420. The van der Waals surface area contributed by atoms with Gasteiger partial charge in [-0.3, -0.25) is 14.9 Å². The highest BCUT2D eigenvalue weighted by Crippen LogP contribution is 2.36. The van der Waals surface area contributed by atoms with E-state index in [1.54, 1.807) is 0 Å². The van der Waals surface area contributed by atoms with Gasteiger partial charge in [0.2, 0.25) is 9.90 Å². The van der Waals surface area contributed by atoms with E-state index in [-0.39, 0.29) is 17.5 Å². The quantitative estimate of drug-likeness (QED) is 0.461. The fourth-order valence-electron chi connectivity index (χ4n) is 2.63. The molecule has 1 fully saturated rings. The molecule has 9 heteroatoms. The number of benzene rings is 1. The van der Waals surface area contributed by atoms with E-state index in [2.05, 4.69) is 5.32 Å². The van der Waals surface area contributed by atoms with E-state index in [4.69, 9.17) is 39.5 Å². The molecule has 0 saturated heterocycles. The number of nitro benzene ring substituents is 1. The Kier molecular flexibility index (Phi) is 6.54. The minimum atomic E-state index is -2.07. The number of alkyl halides is 3. The molecule has 1 aliphatic rings. The maximum Gasteiger partial charge on any atom is 0.310 e. The zero-order valence-corrected chi connectivity index (χ0v) is 15.0. The lowest BCUT2D eigenvalue weighted by Gasteiger charge is -2.28. The number of nitrogens with zero attached hydrogens (tertiary/aromatic N) is 1. The van der Waals surface area contributed by atoms with Crippen LogP contribution < -0.4 is 10.1 Å². The highest BCUT2D eigenvalue weighted by molar-refractivity contribution is 6.68. The molecule has 1 aromatic rings. The summed E-state index contributed by atoms with van der Waals surface area (Å²) in [7, 11) is 0. The lowest BCUT2D eigenvalue weighted by Crippen LogP contribution is -2.50. The van der Waals surface area contributed by atoms with Gasteiger partial charge in [0.1, 0.15) is 0 Å². The molecule has 0 heterocycles. The van der Waals surface area contributed by atoms with Gasteiger partial charge in [-0.1, -0.05) is 66.2 Å². The van der Waals surface area contributed by atoms with Crippen molar-refractivity contribution in [2.45, 2.75) is 48.0 Å². The topological polar surface area (TPSA) is 81.5 Å². The summed E-state index contributed by atoms with van der Waals surface area (Å²) in [4.78, 5) is 22.9. The fourth-order valence-corrected chi connectivity index (χ4v) is 3.06. The molecule has 2 rings (SSSR count). The number of hydrogen-bond acceptors (Lipinski definition) is 4.